The zero-order chi connectivity index (χ0) is 14.5. The monoisotopic (exact) mass is 270 g/mol. The van der Waals surface area contributed by atoms with Crippen molar-refractivity contribution in [1.82, 2.24) is 0 Å². The number of methoxy groups -OCH3 is 1. The summed E-state index contributed by atoms with van der Waals surface area (Å²) in [6.07, 6.45) is 0. The molecule has 0 bridgehead atoms. The number of benzene rings is 2. The van der Waals surface area contributed by atoms with Gasteiger partial charge in [0.25, 0.3) is 0 Å². The van der Waals surface area contributed by atoms with E-state index in [1.165, 1.54) is 0 Å². The van der Waals surface area contributed by atoms with E-state index in [0.29, 0.717) is 0 Å². The fraction of sp³-hybridized carbons (Fsp3) is 0.294. The van der Waals surface area contributed by atoms with Gasteiger partial charge in [0, 0.05) is 29.5 Å². The van der Waals surface area contributed by atoms with Gasteiger partial charge in [0.05, 0.1) is 7.11 Å². The van der Waals surface area contributed by atoms with Gasteiger partial charge in [-0.3, -0.25) is 0 Å². The van der Waals surface area contributed by atoms with Crippen molar-refractivity contribution < 1.29 is 4.74 Å². The number of rotatable bonds is 5. The van der Waals surface area contributed by atoms with E-state index in [9.17, 15) is 0 Å². The molecule has 0 aliphatic carbocycles. The van der Waals surface area contributed by atoms with E-state index in [1.54, 1.807) is 7.11 Å². The van der Waals surface area contributed by atoms with Crippen molar-refractivity contribution in [1.29, 1.82) is 0 Å². The SMILES string of the molecule is CCN(c1ccccc1)c1cccc(OC)c1[C@H](C)N. The lowest BCUT2D eigenvalue weighted by Crippen LogP contribution is -2.20. The molecule has 0 saturated carbocycles. The van der Waals surface area contributed by atoms with Crippen LogP contribution in [-0.4, -0.2) is 13.7 Å². The second-order valence-corrected chi connectivity index (χ2v) is 4.76. The fourth-order valence-corrected chi connectivity index (χ4v) is 2.50. The van der Waals surface area contributed by atoms with Gasteiger partial charge in [-0.1, -0.05) is 24.3 Å². The third-order valence-corrected chi connectivity index (χ3v) is 3.39. The first-order valence-corrected chi connectivity index (χ1v) is 6.94. The maximum absolute atomic E-state index is 6.15. The molecule has 2 N–H and O–H groups in total. The lowest BCUT2D eigenvalue weighted by atomic mass is 10.0. The van der Waals surface area contributed by atoms with Crippen LogP contribution in [0.5, 0.6) is 5.75 Å². The van der Waals surface area contributed by atoms with Crippen molar-refractivity contribution in [3.8, 4) is 5.75 Å². The van der Waals surface area contributed by atoms with Crippen LogP contribution < -0.4 is 15.4 Å². The van der Waals surface area contributed by atoms with Gasteiger partial charge >= 0.3 is 0 Å². The van der Waals surface area contributed by atoms with E-state index >= 15 is 0 Å². The van der Waals surface area contributed by atoms with Gasteiger partial charge in [0.2, 0.25) is 0 Å². The third kappa shape index (κ3) is 2.78. The summed E-state index contributed by atoms with van der Waals surface area (Å²) in [6.45, 7) is 4.99. The van der Waals surface area contributed by atoms with Gasteiger partial charge in [-0.15, -0.1) is 0 Å². The van der Waals surface area contributed by atoms with Crippen LogP contribution in [0, 0.1) is 0 Å². The Bertz CT molecular complexity index is 552. The van der Waals surface area contributed by atoms with E-state index < -0.39 is 0 Å². The quantitative estimate of drug-likeness (QED) is 0.896. The van der Waals surface area contributed by atoms with Crippen LogP contribution in [0.3, 0.4) is 0 Å². The first kappa shape index (κ1) is 14.4. The van der Waals surface area contributed by atoms with E-state index in [1.807, 2.05) is 37.3 Å². The second kappa shape index (κ2) is 6.44. The van der Waals surface area contributed by atoms with Gasteiger partial charge in [-0.25, -0.2) is 0 Å². The first-order valence-electron chi connectivity index (χ1n) is 6.94. The summed E-state index contributed by atoms with van der Waals surface area (Å²) in [5.74, 6) is 0.840. The molecular weight excluding hydrogens is 248 g/mol. The molecule has 20 heavy (non-hydrogen) atoms. The molecule has 106 valence electrons. The predicted octanol–water partition coefficient (Wildman–Crippen LogP) is 3.87. The summed E-state index contributed by atoms with van der Waals surface area (Å²) in [7, 11) is 1.68. The number of nitrogens with zero attached hydrogens (tertiary/aromatic N) is 1. The standard InChI is InChI=1S/C17H22N2O/c1-4-19(14-9-6-5-7-10-14)15-11-8-12-16(20-3)17(15)13(2)18/h5-13H,4,18H2,1-3H3/t13-/m0/s1. The predicted molar refractivity (Wildman–Crippen MR) is 84.7 cm³/mol. The maximum Gasteiger partial charge on any atom is 0.125 e. The molecule has 1 atom stereocenters. The summed E-state index contributed by atoms with van der Waals surface area (Å²) in [5, 5.41) is 0. The van der Waals surface area contributed by atoms with Crippen LogP contribution in [0.2, 0.25) is 0 Å². The highest BCUT2D eigenvalue weighted by Gasteiger charge is 2.18. The lowest BCUT2D eigenvalue weighted by Gasteiger charge is -2.28. The second-order valence-electron chi connectivity index (χ2n) is 4.76. The Morgan fingerprint density at radius 2 is 1.80 bits per heavy atom. The van der Waals surface area contributed by atoms with Crippen LogP contribution in [0.25, 0.3) is 0 Å². The molecule has 3 heteroatoms. The molecule has 0 aliphatic rings. The molecule has 0 saturated heterocycles. The van der Waals surface area contributed by atoms with Crippen molar-refractivity contribution in [2.24, 2.45) is 5.73 Å². The highest BCUT2D eigenvalue weighted by atomic mass is 16.5. The zero-order valence-corrected chi connectivity index (χ0v) is 12.3. The molecule has 2 rings (SSSR count). The molecule has 0 spiro atoms. The first-order chi connectivity index (χ1) is 9.69. The van der Waals surface area contributed by atoms with Crippen LogP contribution in [0.15, 0.2) is 48.5 Å². The number of nitrogens with two attached hydrogens (primary N) is 1. The maximum atomic E-state index is 6.15. The summed E-state index contributed by atoms with van der Waals surface area (Å²) in [6, 6.07) is 16.3. The molecular formula is C17H22N2O. The van der Waals surface area contributed by atoms with Gasteiger partial charge in [0.15, 0.2) is 0 Å². The van der Waals surface area contributed by atoms with Crippen LogP contribution in [0.4, 0.5) is 11.4 Å². The molecule has 0 radical (unpaired) electrons. The van der Waals surface area contributed by atoms with Crippen molar-refractivity contribution in [2.75, 3.05) is 18.6 Å². The lowest BCUT2D eigenvalue weighted by molar-refractivity contribution is 0.407. The molecule has 0 unspecified atom stereocenters. The van der Waals surface area contributed by atoms with Crippen molar-refractivity contribution in [3.05, 3.63) is 54.1 Å². The smallest absolute Gasteiger partial charge is 0.125 e. The average molecular weight is 270 g/mol. The average Bonchev–Trinajstić information content (AvgIpc) is 2.48. The number of para-hydroxylation sites is 1. The van der Waals surface area contributed by atoms with Gasteiger partial charge in [-0.05, 0) is 38.1 Å². The van der Waals surface area contributed by atoms with Crippen molar-refractivity contribution in [2.45, 2.75) is 19.9 Å². The van der Waals surface area contributed by atoms with E-state index in [-0.39, 0.29) is 6.04 Å². The normalized spacial score (nSPS) is 12.0. The van der Waals surface area contributed by atoms with Gasteiger partial charge in [-0.2, -0.15) is 0 Å². The van der Waals surface area contributed by atoms with Crippen LogP contribution >= 0.6 is 0 Å². The zero-order valence-electron chi connectivity index (χ0n) is 12.3. The summed E-state index contributed by atoms with van der Waals surface area (Å²) < 4.78 is 5.47. The number of ether oxygens (including phenoxy) is 1. The molecule has 3 nitrogen and oxygen atoms in total. The molecule has 0 amide bonds. The summed E-state index contributed by atoms with van der Waals surface area (Å²) in [4.78, 5) is 2.25. The Labute approximate surface area is 121 Å². The molecule has 2 aromatic carbocycles. The topological polar surface area (TPSA) is 38.5 Å². The van der Waals surface area contributed by atoms with Crippen LogP contribution in [-0.2, 0) is 0 Å². The van der Waals surface area contributed by atoms with E-state index in [4.69, 9.17) is 10.5 Å². The fourth-order valence-electron chi connectivity index (χ4n) is 2.50. The van der Waals surface area contributed by atoms with E-state index in [0.717, 1.165) is 29.2 Å². The Morgan fingerprint density at radius 3 is 2.35 bits per heavy atom. The minimum atomic E-state index is -0.0843. The van der Waals surface area contributed by atoms with E-state index in [2.05, 4.69) is 30.0 Å². The van der Waals surface area contributed by atoms with Crippen molar-refractivity contribution >= 4 is 11.4 Å². The number of hydrogen-bond acceptors (Lipinski definition) is 3. The Morgan fingerprint density at radius 1 is 1.10 bits per heavy atom. The molecule has 0 fully saturated rings. The summed E-state index contributed by atoms with van der Waals surface area (Å²) >= 11 is 0. The molecule has 0 aliphatic heterocycles. The Kier molecular flexibility index (Phi) is 4.64. The highest BCUT2D eigenvalue weighted by molar-refractivity contribution is 5.69. The summed E-state index contributed by atoms with van der Waals surface area (Å²) in [5.41, 5.74) is 9.46. The Balaban J connectivity index is 2.55. The van der Waals surface area contributed by atoms with Gasteiger partial charge in [0.1, 0.15) is 5.75 Å². The Hall–Kier alpha value is -2.00. The number of hydrogen-bond donors (Lipinski definition) is 1. The largest absolute Gasteiger partial charge is 0.496 e. The minimum Gasteiger partial charge on any atom is -0.496 e. The molecule has 0 aromatic heterocycles. The number of anilines is 2. The van der Waals surface area contributed by atoms with Gasteiger partial charge < -0.3 is 15.4 Å². The van der Waals surface area contributed by atoms with Crippen molar-refractivity contribution in [3.63, 3.8) is 0 Å². The minimum absolute atomic E-state index is 0.0843. The highest BCUT2D eigenvalue weighted by Crippen LogP contribution is 2.36. The van der Waals surface area contributed by atoms with Crippen LogP contribution in [0.1, 0.15) is 25.5 Å². The third-order valence-electron chi connectivity index (χ3n) is 3.39. The molecule has 2 aromatic rings. The molecule has 0 heterocycles.